The summed E-state index contributed by atoms with van der Waals surface area (Å²) in [6.45, 7) is 6.43. The average Bonchev–Trinajstić information content (AvgIpc) is 2.03. The van der Waals surface area contributed by atoms with Crippen molar-refractivity contribution in [3.05, 3.63) is 41.8 Å². The van der Waals surface area contributed by atoms with Crippen LogP contribution in [0.4, 0.5) is 0 Å². The van der Waals surface area contributed by atoms with Gasteiger partial charge in [0.25, 0.3) is 0 Å². The Bertz CT molecular complexity index is 308. The summed E-state index contributed by atoms with van der Waals surface area (Å²) in [5.41, 5.74) is 2.18. The molecule has 0 unspecified atom stereocenters. The molecule has 62 valence electrons. The standard InChI is InChI=1S/C12H13/c1-5-10-8-6-7-9-11(10)12(2,3)4/h6-9H,2-4H3/q-1. The lowest BCUT2D eigenvalue weighted by molar-refractivity contribution is 0.589. The minimum atomic E-state index is 0.102. The van der Waals surface area contributed by atoms with Gasteiger partial charge in [0.2, 0.25) is 0 Å². The Hall–Kier alpha value is -1.22. The van der Waals surface area contributed by atoms with Gasteiger partial charge in [-0.05, 0) is 5.41 Å². The lowest BCUT2D eigenvalue weighted by Gasteiger charge is -2.25. The second-order valence-electron chi connectivity index (χ2n) is 3.92. The zero-order chi connectivity index (χ0) is 9.19. The topological polar surface area (TPSA) is 0 Å². The maximum absolute atomic E-state index is 7.11. The van der Waals surface area contributed by atoms with E-state index in [1.165, 1.54) is 5.56 Å². The van der Waals surface area contributed by atoms with E-state index < -0.39 is 0 Å². The first kappa shape index (κ1) is 8.87. The highest BCUT2D eigenvalue weighted by atomic mass is 14.2. The van der Waals surface area contributed by atoms with Crippen molar-refractivity contribution < 1.29 is 0 Å². The van der Waals surface area contributed by atoms with Crippen molar-refractivity contribution in [2.75, 3.05) is 0 Å². The molecule has 0 aliphatic carbocycles. The molecule has 0 amide bonds. The van der Waals surface area contributed by atoms with Crippen LogP contribution in [0.3, 0.4) is 0 Å². The van der Waals surface area contributed by atoms with Crippen LogP contribution in [0.15, 0.2) is 24.3 Å². The van der Waals surface area contributed by atoms with Gasteiger partial charge in [-0.3, -0.25) is 5.92 Å². The maximum atomic E-state index is 7.11. The molecule has 12 heavy (non-hydrogen) atoms. The second-order valence-corrected chi connectivity index (χ2v) is 3.92. The molecule has 0 radical (unpaired) electrons. The summed E-state index contributed by atoms with van der Waals surface area (Å²) in [4.78, 5) is 0. The van der Waals surface area contributed by atoms with Crippen molar-refractivity contribution in [2.24, 2.45) is 0 Å². The fourth-order valence-electron chi connectivity index (χ4n) is 1.25. The van der Waals surface area contributed by atoms with E-state index in [2.05, 4.69) is 32.8 Å². The van der Waals surface area contributed by atoms with Crippen molar-refractivity contribution in [3.63, 3.8) is 0 Å². The van der Waals surface area contributed by atoms with Crippen LogP contribution >= 0.6 is 0 Å². The highest BCUT2D eigenvalue weighted by Gasteiger charge is 2.11. The number of benzene rings is 1. The SMILES string of the molecule is [C-]#Cc1ccccc1C(C)(C)C. The predicted octanol–water partition coefficient (Wildman–Crippen LogP) is 2.92. The van der Waals surface area contributed by atoms with Crippen LogP contribution in [-0.2, 0) is 5.41 Å². The minimum absolute atomic E-state index is 0.102. The average molecular weight is 157 g/mol. The molecule has 0 spiro atoms. The Morgan fingerprint density at radius 3 is 2.17 bits per heavy atom. The van der Waals surface area contributed by atoms with Gasteiger partial charge in [0, 0.05) is 0 Å². The summed E-state index contributed by atoms with van der Waals surface area (Å²) >= 11 is 0. The third kappa shape index (κ3) is 1.68. The summed E-state index contributed by atoms with van der Waals surface area (Å²) in [7, 11) is 0. The van der Waals surface area contributed by atoms with E-state index in [4.69, 9.17) is 6.42 Å². The van der Waals surface area contributed by atoms with Crippen molar-refractivity contribution in [1.29, 1.82) is 0 Å². The molecule has 0 aliphatic rings. The van der Waals surface area contributed by atoms with Crippen LogP contribution in [0, 0.1) is 12.3 Å². The number of hydrogen-bond donors (Lipinski definition) is 0. The Kier molecular flexibility index (Phi) is 2.24. The molecule has 0 atom stereocenters. The van der Waals surface area contributed by atoms with E-state index in [-0.39, 0.29) is 5.41 Å². The highest BCUT2D eigenvalue weighted by molar-refractivity contribution is 5.42. The van der Waals surface area contributed by atoms with E-state index in [1.54, 1.807) is 0 Å². The molecule has 0 fully saturated rings. The van der Waals surface area contributed by atoms with Gasteiger partial charge in [0.15, 0.2) is 0 Å². The normalized spacial score (nSPS) is 10.8. The first-order chi connectivity index (χ1) is 5.55. The largest absolute Gasteiger partial charge is 0.366 e. The van der Waals surface area contributed by atoms with Crippen molar-refractivity contribution >= 4 is 0 Å². The zero-order valence-corrected chi connectivity index (χ0v) is 7.81. The summed E-state index contributed by atoms with van der Waals surface area (Å²) in [6, 6.07) is 7.91. The fraction of sp³-hybridized carbons (Fsp3) is 0.333. The Morgan fingerprint density at radius 2 is 1.75 bits per heavy atom. The predicted molar refractivity (Wildman–Crippen MR) is 51.4 cm³/mol. The van der Waals surface area contributed by atoms with E-state index in [9.17, 15) is 0 Å². The molecule has 1 aromatic carbocycles. The summed E-state index contributed by atoms with van der Waals surface area (Å²) in [6.07, 6.45) is 7.11. The van der Waals surface area contributed by atoms with Gasteiger partial charge in [0.05, 0.1) is 0 Å². The van der Waals surface area contributed by atoms with E-state index >= 15 is 0 Å². The van der Waals surface area contributed by atoms with Crippen LogP contribution in [-0.4, -0.2) is 0 Å². The molecule has 0 aromatic heterocycles. The smallest absolute Gasteiger partial charge is 0.0286 e. The van der Waals surface area contributed by atoms with Crippen LogP contribution in [0.1, 0.15) is 31.9 Å². The van der Waals surface area contributed by atoms with E-state index in [0.29, 0.717) is 0 Å². The van der Waals surface area contributed by atoms with Crippen molar-refractivity contribution in [2.45, 2.75) is 26.2 Å². The number of hydrogen-bond acceptors (Lipinski definition) is 0. The monoisotopic (exact) mass is 157 g/mol. The molecule has 0 aliphatic heterocycles. The van der Waals surface area contributed by atoms with Gasteiger partial charge >= 0.3 is 0 Å². The third-order valence-corrected chi connectivity index (χ3v) is 1.87. The molecule has 0 saturated carbocycles. The Morgan fingerprint density at radius 1 is 1.17 bits per heavy atom. The van der Waals surface area contributed by atoms with Gasteiger partial charge in [-0.1, -0.05) is 39.0 Å². The van der Waals surface area contributed by atoms with Crippen molar-refractivity contribution in [3.8, 4) is 5.92 Å². The molecule has 0 saturated heterocycles. The van der Waals surface area contributed by atoms with E-state index in [1.807, 2.05) is 18.2 Å². The summed E-state index contributed by atoms with van der Waals surface area (Å²) in [5, 5.41) is 0. The molecule has 1 aromatic rings. The Balaban J connectivity index is 3.26. The van der Waals surface area contributed by atoms with E-state index in [0.717, 1.165) is 5.56 Å². The van der Waals surface area contributed by atoms with Crippen LogP contribution in [0.2, 0.25) is 0 Å². The molecular weight excluding hydrogens is 144 g/mol. The first-order valence-electron chi connectivity index (χ1n) is 4.08. The molecule has 0 N–H and O–H groups in total. The first-order valence-corrected chi connectivity index (χ1v) is 4.08. The van der Waals surface area contributed by atoms with Gasteiger partial charge in [-0.15, -0.1) is 17.2 Å². The lowest BCUT2D eigenvalue weighted by Crippen LogP contribution is -2.12. The molecule has 0 heterocycles. The highest BCUT2D eigenvalue weighted by Crippen LogP contribution is 2.24. The van der Waals surface area contributed by atoms with Crippen LogP contribution in [0.5, 0.6) is 0 Å². The molecule has 0 heteroatoms. The third-order valence-electron chi connectivity index (χ3n) is 1.87. The summed E-state index contributed by atoms with van der Waals surface area (Å²) < 4.78 is 0. The van der Waals surface area contributed by atoms with Crippen molar-refractivity contribution in [1.82, 2.24) is 0 Å². The molecule has 0 bridgehead atoms. The number of rotatable bonds is 0. The lowest BCUT2D eigenvalue weighted by atomic mass is 9.84. The van der Waals surface area contributed by atoms with Gasteiger partial charge < -0.3 is 6.42 Å². The van der Waals surface area contributed by atoms with Gasteiger partial charge in [0.1, 0.15) is 0 Å². The molecule has 0 nitrogen and oxygen atoms in total. The van der Waals surface area contributed by atoms with Crippen LogP contribution < -0.4 is 0 Å². The van der Waals surface area contributed by atoms with Gasteiger partial charge in [-0.25, -0.2) is 0 Å². The molecular formula is C12H13-. The quantitative estimate of drug-likeness (QED) is 0.401. The second kappa shape index (κ2) is 3.03. The maximum Gasteiger partial charge on any atom is -0.0286 e. The zero-order valence-electron chi connectivity index (χ0n) is 7.81. The minimum Gasteiger partial charge on any atom is -0.366 e. The van der Waals surface area contributed by atoms with Crippen LogP contribution in [0.25, 0.3) is 0 Å². The molecule has 1 rings (SSSR count). The van der Waals surface area contributed by atoms with Gasteiger partial charge in [-0.2, -0.15) is 0 Å². The summed E-state index contributed by atoms with van der Waals surface area (Å²) in [5.74, 6) is 2.45. The fourth-order valence-corrected chi connectivity index (χ4v) is 1.25. The Labute approximate surface area is 74.6 Å².